The number of carboxylic acids is 1. The Kier molecular flexibility index (Phi) is 6.95. The maximum atomic E-state index is 12.1. The fourth-order valence-corrected chi connectivity index (χ4v) is 9.28. The molecule has 0 saturated heterocycles. The Morgan fingerprint density at radius 2 is 1.76 bits per heavy atom. The lowest BCUT2D eigenvalue weighted by molar-refractivity contribution is -0.160. The number of aliphatic hydroxyl groups excluding tert-OH is 1. The number of aliphatic hydroxyl groups is 1. The molecule has 3 heteroatoms. The van der Waals surface area contributed by atoms with Crippen molar-refractivity contribution < 1.29 is 15.0 Å². The van der Waals surface area contributed by atoms with Gasteiger partial charge in [-0.1, -0.05) is 57.9 Å². The molecule has 4 unspecified atom stereocenters. The Bertz CT molecular complexity index is 809. The zero-order valence-corrected chi connectivity index (χ0v) is 21.9. The van der Waals surface area contributed by atoms with Crippen LogP contribution < -0.4 is 0 Å². The fraction of sp³-hybridized carbons (Fsp3) is 0.833. The van der Waals surface area contributed by atoms with E-state index in [1.807, 2.05) is 0 Å². The molecule has 0 bridgehead atoms. The molecule has 4 aliphatic rings. The lowest BCUT2D eigenvalue weighted by Gasteiger charge is -2.59. The van der Waals surface area contributed by atoms with Crippen molar-refractivity contribution in [2.75, 3.05) is 0 Å². The van der Waals surface area contributed by atoms with E-state index in [0.29, 0.717) is 29.6 Å². The van der Waals surface area contributed by atoms with Gasteiger partial charge in [-0.3, -0.25) is 4.79 Å². The molecule has 3 fully saturated rings. The van der Waals surface area contributed by atoms with Gasteiger partial charge in [0.1, 0.15) is 0 Å². The second-order valence-corrected chi connectivity index (χ2v) is 12.9. The summed E-state index contributed by atoms with van der Waals surface area (Å²) in [7, 11) is 0. The molecule has 3 saturated carbocycles. The van der Waals surface area contributed by atoms with E-state index in [0.717, 1.165) is 24.7 Å². The Morgan fingerprint density at radius 1 is 1.09 bits per heavy atom. The first kappa shape index (κ1) is 25.0. The summed E-state index contributed by atoms with van der Waals surface area (Å²) in [5, 5.41) is 20.4. The second kappa shape index (κ2) is 9.17. The molecule has 0 aromatic carbocycles. The molecule has 33 heavy (non-hydrogen) atoms. The Hall–Kier alpha value is -1.09. The molecule has 186 valence electrons. The Balaban J connectivity index is 1.54. The van der Waals surface area contributed by atoms with Gasteiger partial charge in [0, 0.05) is 0 Å². The topological polar surface area (TPSA) is 57.5 Å². The van der Waals surface area contributed by atoms with Crippen LogP contribution in [0.4, 0.5) is 0 Å². The molecule has 0 aliphatic heterocycles. The van der Waals surface area contributed by atoms with Crippen LogP contribution in [0.25, 0.3) is 0 Å². The van der Waals surface area contributed by atoms with Gasteiger partial charge in [0.2, 0.25) is 0 Å². The van der Waals surface area contributed by atoms with Crippen LogP contribution in [0.15, 0.2) is 23.3 Å². The van der Waals surface area contributed by atoms with Gasteiger partial charge in [-0.25, -0.2) is 0 Å². The summed E-state index contributed by atoms with van der Waals surface area (Å²) in [4.78, 5) is 12.1. The number of allylic oxidation sites excluding steroid dienone is 4. The highest BCUT2D eigenvalue weighted by Gasteiger charge is 2.60. The van der Waals surface area contributed by atoms with E-state index < -0.39 is 18.0 Å². The lowest BCUT2D eigenvalue weighted by atomic mass is 9.46. The second-order valence-electron chi connectivity index (χ2n) is 12.9. The maximum Gasteiger partial charge on any atom is 0.309 e. The summed E-state index contributed by atoms with van der Waals surface area (Å²) in [6, 6.07) is 0. The van der Waals surface area contributed by atoms with E-state index in [1.54, 1.807) is 11.1 Å². The average Bonchev–Trinajstić information content (AvgIpc) is 3.11. The largest absolute Gasteiger partial charge is 0.481 e. The number of aliphatic carboxylic acids is 1. The van der Waals surface area contributed by atoms with Crippen LogP contribution in [0.2, 0.25) is 0 Å². The predicted octanol–water partition coefficient (Wildman–Crippen LogP) is 7.26. The monoisotopic (exact) mass is 456 g/mol. The minimum Gasteiger partial charge on any atom is -0.481 e. The third kappa shape index (κ3) is 4.05. The van der Waals surface area contributed by atoms with Gasteiger partial charge in [-0.15, -0.1) is 0 Å². The number of fused-ring (bicyclic) bond motifs is 5. The maximum absolute atomic E-state index is 12.1. The standard InChI is InChI=1S/C30H48O3/c1-7-20(18(2)3)9-8-19(4)22-12-13-23-21-10-11-25-27(28(32)33)26(31)15-17-30(25,6)24(21)14-16-29(22,23)5/h7,10,18-19,22-27,31H,8-9,11-17H2,1-6H3,(H,32,33)/b20-7-/t19-,22?,23?,24?,25?,26+,27+,29-,30-/m1/s1. The summed E-state index contributed by atoms with van der Waals surface area (Å²) in [6.45, 7) is 14.3. The molecule has 0 heterocycles. The summed E-state index contributed by atoms with van der Waals surface area (Å²) in [5.74, 6) is 2.04. The van der Waals surface area contributed by atoms with Crippen molar-refractivity contribution in [3.05, 3.63) is 23.3 Å². The normalized spacial score (nSPS) is 44.0. The molecule has 4 aliphatic carbocycles. The smallest absolute Gasteiger partial charge is 0.309 e. The zero-order valence-electron chi connectivity index (χ0n) is 21.9. The predicted molar refractivity (Wildman–Crippen MR) is 135 cm³/mol. The van der Waals surface area contributed by atoms with Crippen molar-refractivity contribution in [2.45, 2.75) is 105 Å². The summed E-state index contributed by atoms with van der Waals surface area (Å²) >= 11 is 0. The highest BCUT2D eigenvalue weighted by atomic mass is 16.4. The van der Waals surface area contributed by atoms with Crippen molar-refractivity contribution in [1.82, 2.24) is 0 Å². The van der Waals surface area contributed by atoms with Gasteiger partial charge in [0.15, 0.2) is 0 Å². The van der Waals surface area contributed by atoms with Crippen LogP contribution in [0.3, 0.4) is 0 Å². The van der Waals surface area contributed by atoms with E-state index in [-0.39, 0.29) is 11.3 Å². The minimum atomic E-state index is -0.799. The minimum absolute atomic E-state index is 0.0233. The van der Waals surface area contributed by atoms with Gasteiger partial charge in [-0.05, 0) is 111 Å². The van der Waals surface area contributed by atoms with Crippen LogP contribution in [-0.4, -0.2) is 22.3 Å². The zero-order chi connectivity index (χ0) is 24.1. The van der Waals surface area contributed by atoms with Gasteiger partial charge >= 0.3 is 5.97 Å². The number of carbonyl (C=O) groups is 1. The lowest BCUT2D eigenvalue weighted by Crippen LogP contribution is -2.54. The van der Waals surface area contributed by atoms with Crippen LogP contribution >= 0.6 is 0 Å². The van der Waals surface area contributed by atoms with Crippen LogP contribution in [-0.2, 0) is 4.79 Å². The van der Waals surface area contributed by atoms with Crippen molar-refractivity contribution >= 4 is 5.97 Å². The number of carboxylic acid groups (broad SMARTS) is 1. The van der Waals surface area contributed by atoms with Gasteiger partial charge in [-0.2, -0.15) is 0 Å². The molecule has 9 atom stereocenters. The average molecular weight is 457 g/mol. The summed E-state index contributed by atoms with van der Waals surface area (Å²) in [5.41, 5.74) is 3.69. The van der Waals surface area contributed by atoms with Gasteiger partial charge < -0.3 is 10.2 Å². The van der Waals surface area contributed by atoms with Gasteiger partial charge in [0.05, 0.1) is 12.0 Å². The van der Waals surface area contributed by atoms with Crippen molar-refractivity contribution in [1.29, 1.82) is 0 Å². The van der Waals surface area contributed by atoms with Crippen LogP contribution in [0.5, 0.6) is 0 Å². The number of rotatable bonds is 6. The molecule has 0 aromatic rings. The molecule has 0 aromatic heterocycles. The Labute approximate surface area is 202 Å². The van der Waals surface area contributed by atoms with Crippen molar-refractivity contribution in [3.8, 4) is 0 Å². The van der Waals surface area contributed by atoms with Crippen LogP contribution in [0, 0.1) is 52.3 Å². The quantitative estimate of drug-likeness (QED) is 0.414. The number of hydrogen-bond donors (Lipinski definition) is 2. The van der Waals surface area contributed by atoms with E-state index in [2.05, 4.69) is 53.7 Å². The van der Waals surface area contributed by atoms with Crippen molar-refractivity contribution in [2.24, 2.45) is 52.3 Å². The molecule has 2 N–H and O–H groups in total. The molecule has 0 radical (unpaired) electrons. The molecule has 0 amide bonds. The van der Waals surface area contributed by atoms with Gasteiger partial charge in [0.25, 0.3) is 0 Å². The van der Waals surface area contributed by atoms with Crippen LogP contribution in [0.1, 0.15) is 99.3 Å². The third-order valence-corrected chi connectivity index (χ3v) is 11.2. The number of hydrogen-bond acceptors (Lipinski definition) is 2. The van der Waals surface area contributed by atoms with E-state index in [1.165, 1.54) is 38.5 Å². The highest BCUT2D eigenvalue weighted by molar-refractivity contribution is 5.71. The molecule has 3 nitrogen and oxygen atoms in total. The van der Waals surface area contributed by atoms with Crippen molar-refractivity contribution in [3.63, 3.8) is 0 Å². The first-order valence-electron chi connectivity index (χ1n) is 13.8. The first-order valence-corrected chi connectivity index (χ1v) is 13.8. The van der Waals surface area contributed by atoms with E-state index in [4.69, 9.17) is 0 Å². The molecule has 4 rings (SSSR count). The van der Waals surface area contributed by atoms with E-state index in [9.17, 15) is 15.0 Å². The third-order valence-electron chi connectivity index (χ3n) is 11.2. The summed E-state index contributed by atoms with van der Waals surface area (Å²) in [6.07, 6.45) is 14.2. The van der Waals surface area contributed by atoms with E-state index >= 15 is 0 Å². The highest BCUT2D eigenvalue weighted by Crippen LogP contribution is 2.67. The first-order chi connectivity index (χ1) is 15.5. The SMILES string of the molecule is C/C=C(/CC[C@@H](C)C1CCC2C3=CCC4[C@H](C(=O)O)[C@@H](O)CC[C@]4(C)C3CC[C@@]21C)C(C)C. The molecular formula is C30H48O3. The fourth-order valence-electron chi connectivity index (χ4n) is 9.28. The Morgan fingerprint density at radius 3 is 2.39 bits per heavy atom. The molecule has 0 spiro atoms. The summed E-state index contributed by atoms with van der Waals surface area (Å²) < 4.78 is 0. The molecular weight excluding hydrogens is 408 g/mol.